The Labute approximate surface area is 153 Å². The molecule has 0 bridgehead atoms. The maximum absolute atomic E-state index is 12.2. The highest BCUT2D eigenvalue weighted by molar-refractivity contribution is 6.30. The minimum Gasteiger partial charge on any atom is -0.481 e. The molecule has 3 aromatic rings. The highest BCUT2D eigenvalue weighted by Gasteiger charge is 2.13. The highest BCUT2D eigenvalue weighted by Crippen LogP contribution is 2.12. The molecule has 0 atom stereocenters. The number of carbonyl (C=O) groups is 2. The fourth-order valence-electron chi connectivity index (χ4n) is 2.23. The summed E-state index contributed by atoms with van der Waals surface area (Å²) in [6, 6.07) is 8.87. The molecule has 0 radical (unpaired) electrons. The Hall–Kier alpha value is -3.20. The van der Waals surface area contributed by atoms with Crippen LogP contribution >= 0.6 is 11.6 Å². The summed E-state index contributed by atoms with van der Waals surface area (Å²) in [5, 5.41) is 20.1. The molecule has 0 fully saturated rings. The van der Waals surface area contributed by atoms with Gasteiger partial charge in [0.15, 0.2) is 5.69 Å². The second kappa shape index (κ2) is 7.79. The summed E-state index contributed by atoms with van der Waals surface area (Å²) < 4.78 is 2.97. The van der Waals surface area contributed by atoms with E-state index in [9.17, 15) is 9.59 Å². The highest BCUT2D eigenvalue weighted by atomic mass is 35.5. The number of hydrogen-bond donors (Lipinski definition) is 2. The van der Waals surface area contributed by atoms with Crippen LogP contribution in [-0.2, 0) is 17.9 Å². The van der Waals surface area contributed by atoms with E-state index in [0.717, 1.165) is 5.56 Å². The number of amides is 1. The Morgan fingerprint density at radius 2 is 2.04 bits per heavy atom. The van der Waals surface area contributed by atoms with Gasteiger partial charge in [-0.25, -0.2) is 9.67 Å². The third kappa shape index (κ3) is 4.67. The minimum atomic E-state index is -0.930. The molecule has 1 aromatic carbocycles. The van der Waals surface area contributed by atoms with Crippen molar-refractivity contribution in [3.8, 4) is 0 Å². The van der Waals surface area contributed by atoms with Crippen molar-refractivity contribution in [2.45, 2.75) is 19.5 Å². The van der Waals surface area contributed by atoms with Crippen LogP contribution in [0.1, 0.15) is 22.5 Å². The van der Waals surface area contributed by atoms with Crippen molar-refractivity contribution in [2.24, 2.45) is 0 Å². The normalized spacial score (nSPS) is 10.7. The average Bonchev–Trinajstić information content (AvgIpc) is 3.22. The lowest BCUT2D eigenvalue weighted by molar-refractivity contribution is -0.137. The number of nitrogens with zero attached hydrogens (tertiary/aromatic N) is 5. The van der Waals surface area contributed by atoms with E-state index in [2.05, 4.69) is 20.5 Å². The fraction of sp³-hybridized carbons (Fsp3) is 0.188. The van der Waals surface area contributed by atoms with Crippen molar-refractivity contribution in [3.63, 3.8) is 0 Å². The lowest BCUT2D eigenvalue weighted by Crippen LogP contribution is -2.15. The quantitative estimate of drug-likeness (QED) is 0.652. The number of nitrogens with one attached hydrogen (secondary N) is 1. The molecule has 0 unspecified atom stereocenters. The van der Waals surface area contributed by atoms with E-state index in [-0.39, 0.29) is 24.6 Å². The number of aryl methyl sites for hydroxylation is 1. The maximum atomic E-state index is 12.2. The minimum absolute atomic E-state index is 0.0712. The zero-order chi connectivity index (χ0) is 18.5. The number of carbonyl (C=O) groups excluding carboxylic acids is 1. The monoisotopic (exact) mass is 374 g/mol. The Kier molecular flexibility index (Phi) is 5.28. The SMILES string of the molecule is O=C(O)CCn1ccc(C(=O)Nc2ncn(Cc3cccc(Cl)c3)n2)n1. The second-order valence-corrected chi connectivity index (χ2v) is 5.89. The third-order valence-electron chi connectivity index (χ3n) is 3.42. The predicted octanol–water partition coefficient (Wildman–Crippen LogP) is 1.90. The standard InChI is InChI=1S/C16H15ClN6O3/c17-12-3-1-2-11(8-12)9-23-10-18-16(21-23)19-15(26)13-4-6-22(20-13)7-5-14(24)25/h1-4,6,8,10H,5,7,9H2,(H,24,25)(H,19,21,26). The van der Waals surface area contributed by atoms with Gasteiger partial charge >= 0.3 is 5.97 Å². The van der Waals surface area contributed by atoms with Gasteiger partial charge in [0.05, 0.1) is 19.5 Å². The van der Waals surface area contributed by atoms with Crippen molar-refractivity contribution in [1.29, 1.82) is 0 Å². The van der Waals surface area contributed by atoms with Gasteiger partial charge in [0.1, 0.15) is 6.33 Å². The van der Waals surface area contributed by atoms with Gasteiger partial charge in [0.25, 0.3) is 5.91 Å². The van der Waals surface area contributed by atoms with Gasteiger partial charge in [-0.15, -0.1) is 5.10 Å². The molecule has 26 heavy (non-hydrogen) atoms. The first kappa shape index (κ1) is 17.6. The number of carboxylic acid groups (broad SMARTS) is 1. The van der Waals surface area contributed by atoms with Crippen molar-refractivity contribution >= 4 is 29.4 Å². The van der Waals surface area contributed by atoms with Crippen molar-refractivity contribution in [3.05, 3.63) is 59.1 Å². The summed E-state index contributed by atoms with van der Waals surface area (Å²) in [7, 11) is 0. The van der Waals surface area contributed by atoms with Crippen LogP contribution in [0.4, 0.5) is 5.95 Å². The number of hydrogen-bond acceptors (Lipinski definition) is 5. The van der Waals surface area contributed by atoms with Crippen molar-refractivity contribution < 1.29 is 14.7 Å². The van der Waals surface area contributed by atoms with Gasteiger partial charge in [-0.3, -0.25) is 19.6 Å². The number of benzene rings is 1. The number of carboxylic acids is 1. The van der Waals surface area contributed by atoms with E-state index in [1.165, 1.54) is 17.1 Å². The van der Waals surface area contributed by atoms with Gasteiger partial charge in [-0.05, 0) is 23.8 Å². The molecule has 0 saturated carbocycles. The second-order valence-electron chi connectivity index (χ2n) is 5.46. The van der Waals surface area contributed by atoms with Crippen molar-refractivity contribution in [2.75, 3.05) is 5.32 Å². The molecule has 1 amide bonds. The molecule has 134 valence electrons. The van der Waals surface area contributed by atoms with E-state index in [0.29, 0.717) is 11.6 Å². The number of aliphatic carboxylic acids is 1. The molecular weight excluding hydrogens is 360 g/mol. The molecule has 2 aromatic heterocycles. The van der Waals surface area contributed by atoms with E-state index < -0.39 is 11.9 Å². The van der Waals surface area contributed by atoms with Crippen LogP contribution in [0.5, 0.6) is 0 Å². The molecular formula is C16H15ClN6O3. The fourth-order valence-corrected chi connectivity index (χ4v) is 2.45. The zero-order valence-electron chi connectivity index (χ0n) is 13.5. The summed E-state index contributed by atoms with van der Waals surface area (Å²) in [6.45, 7) is 0.655. The topological polar surface area (TPSA) is 115 Å². The van der Waals surface area contributed by atoms with Crippen LogP contribution in [0.15, 0.2) is 42.9 Å². The molecule has 3 rings (SSSR count). The van der Waals surface area contributed by atoms with Gasteiger partial charge in [0.2, 0.25) is 5.95 Å². The van der Waals surface area contributed by atoms with Crippen LogP contribution in [-0.4, -0.2) is 41.5 Å². The molecule has 0 aliphatic rings. The summed E-state index contributed by atoms with van der Waals surface area (Å²) in [4.78, 5) is 26.8. The number of anilines is 1. The molecule has 0 aliphatic heterocycles. The summed E-state index contributed by atoms with van der Waals surface area (Å²) in [5.74, 6) is -1.25. The maximum Gasteiger partial charge on any atom is 0.305 e. The summed E-state index contributed by atoms with van der Waals surface area (Å²) in [5.41, 5.74) is 1.11. The van der Waals surface area contributed by atoms with Crippen LogP contribution in [0.25, 0.3) is 0 Å². The van der Waals surface area contributed by atoms with E-state index >= 15 is 0 Å². The molecule has 9 nitrogen and oxygen atoms in total. The third-order valence-corrected chi connectivity index (χ3v) is 3.66. The smallest absolute Gasteiger partial charge is 0.305 e. The molecule has 0 spiro atoms. The molecule has 10 heteroatoms. The van der Waals surface area contributed by atoms with Gasteiger partial charge in [-0.1, -0.05) is 23.7 Å². The Bertz CT molecular complexity index is 935. The Morgan fingerprint density at radius 1 is 1.19 bits per heavy atom. The molecule has 2 heterocycles. The largest absolute Gasteiger partial charge is 0.481 e. The van der Waals surface area contributed by atoms with Crippen molar-refractivity contribution in [1.82, 2.24) is 24.5 Å². The Balaban J connectivity index is 1.60. The number of halogens is 1. The first-order chi connectivity index (χ1) is 12.5. The lowest BCUT2D eigenvalue weighted by Gasteiger charge is -2.01. The van der Waals surface area contributed by atoms with E-state index in [4.69, 9.17) is 16.7 Å². The first-order valence-corrected chi connectivity index (χ1v) is 8.08. The van der Waals surface area contributed by atoms with E-state index in [1.54, 1.807) is 16.9 Å². The van der Waals surface area contributed by atoms with E-state index in [1.807, 2.05) is 18.2 Å². The molecule has 0 aliphatic carbocycles. The lowest BCUT2D eigenvalue weighted by atomic mass is 10.2. The predicted molar refractivity (Wildman–Crippen MR) is 93.0 cm³/mol. The summed E-state index contributed by atoms with van der Waals surface area (Å²) >= 11 is 5.95. The van der Waals surface area contributed by atoms with Gasteiger partial charge < -0.3 is 5.11 Å². The van der Waals surface area contributed by atoms with Crippen LogP contribution in [0, 0.1) is 0 Å². The average molecular weight is 375 g/mol. The van der Waals surface area contributed by atoms with Crippen LogP contribution in [0.2, 0.25) is 5.02 Å². The van der Waals surface area contributed by atoms with Crippen LogP contribution in [0.3, 0.4) is 0 Å². The zero-order valence-corrected chi connectivity index (χ0v) is 14.3. The van der Waals surface area contributed by atoms with Gasteiger partial charge in [0, 0.05) is 11.2 Å². The van der Waals surface area contributed by atoms with Gasteiger partial charge in [-0.2, -0.15) is 5.10 Å². The molecule has 0 saturated heterocycles. The first-order valence-electron chi connectivity index (χ1n) is 7.70. The molecule has 2 N–H and O–H groups in total. The Morgan fingerprint density at radius 3 is 2.81 bits per heavy atom. The van der Waals surface area contributed by atoms with Crippen LogP contribution < -0.4 is 5.32 Å². The number of rotatable bonds is 7. The number of aromatic nitrogens is 5. The summed E-state index contributed by atoms with van der Waals surface area (Å²) in [6.07, 6.45) is 2.98.